The minimum absolute atomic E-state index is 0.706. The molecule has 0 saturated heterocycles. The summed E-state index contributed by atoms with van der Waals surface area (Å²) in [6, 6.07) is 0. The Bertz CT molecular complexity index is 107. The predicted octanol–water partition coefficient (Wildman–Crippen LogP) is -1.73. The van der Waals surface area contributed by atoms with Crippen LogP contribution in [0.15, 0.2) is 0 Å². The van der Waals surface area contributed by atoms with Gasteiger partial charge in [0.05, 0.1) is 0 Å². The molecule has 0 saturated carbocycles. The Morgan fingerprint density at radius 1 is 1.08 bits per heavy atom. The summed E-state index contributed by atoms with van der Waals surface area (Å²) in [5.41, 5.74) is 8.15. The van der Waals surface area contributed by atoms with E-state index >= 15 is 0 Å². The van der Waals surface area contributed by atoms with E-state index in [-0.39, 0.29) is 0 Å². The van der Waals surface area contributed by atoms with E-state index in [1.165, 1.54) is 0 Å². The molecule has 5 nitrogen and oxygen atoms in total. The van der Waals surface area contributed by atoms with Gasteiger partial charge in [0.2, 0.25) is 0 Å². The fourth-order valence-electron chi connectivity index (χ4n) is 1.08. The van der Waals surface area contributed by atoms with Crippen LogP contribution in [0.3, 0.4) is 0 Å². The number of likely N-dealkylation sites (N-methyl/N-ethyl adjacent to an activating group) is 1. The summed E-state index contributed by atoms with van der Waals surface area (Å²) >= 11 is 0. The largest absolute Gasteiger partial charge is 0.329 e. The van der Waals surface area contributed by atoms with E-state index in [1.54, 1.807) is 0 Å². The zero-order valence-electron chi connectivity index (χ0n) is 8.79. The molecule has 0 aromatic carbocycles. The Hall–Kier alpha value is -0.200. The van der Waals surface area contributed by atoms with Crippen LogP contribution >= 0.6 is 0 Å². The molecule has 5 heteroatoms. The molecular formula is C8H23N5. The van der Waals surface area contributed by atoms with Gasteiger partial charge in [0.15, 0.2) is 0 Å². The van der Waals surface area contributed by atoms with Crippen LogP contribution in [0.2, 0.25) is 0 Å². The quantitative estimate of drug-likeness (QED) is 0.313. The van der Waals surface area contributed by atoms with Gasteiger partial charge < -0.3 is 10.6 Å². The molecule has 0 aromatic heterocycles. The maximum absolute atomic E-state index is 5.50. The number of hydrogen-bond donors (Lipinski definition) is 3. The second-order valence-electron chi connectivity index (χ2n) is 3.39. The minimum Gasteiger partial charge on any atom is -0.329 e. The van der Waals surface area contributed by atoms with Crippen molar-refractivity contribution >= 4 is 0 Å². The van der Waals surface area contributed by atoms with Crippen molar-refractivity contribution in [2.45, 2.75) is 0 Å². The zero-order valence-corrected chi connectivity index (χ0v) is 8.79. The van der Waals surface area contributed by atoms with Gasteiger partial charge in [0.1, 0.15) is 0 Å². The first kappa shape index (κ1) is 12.8. The third-order valence-corrected chi connectivity index (χ3v) is 1.88. The average Bonchev–Trinajstić information content (AvgIpc) is 2.09. The number of hydrazine groups is 1. The van der Waals surface area contributed by atoms with Crippen molar-refractivity contribution < 1.29 is 0 Å². The minimum atomic E-state index is 0.706. The van der Waals surface area contributed by atoms with Crippen molar-refractivity contribution in [3.05, 3.63) is 0 Å². The zero-order chi connectivity index (χ0) is 10.1. The van der Waals surface area contributed by atoms with Gasteiger partial charge in [0, 0.05) is 39.3 Å². The van der Waals surface area contributed by atoms with Crippen LogP contribution in [0, 0.1) is 0 Å². The van der Waals surface area contributed by atoms with Crippen LogP contribution in [0.1, 0.15) is 0 Å². The molecule has 0 unspecified atom stereocenters. The highest BCUT2D eigenvalue weighted by Crippen LogP contribution is 1.86. The molecule has 0 radical (unpaired) electrons. The first-order valence-corrected chi connectivity index (χ1v) is 4.71. The van der Waals surface area contributed by atoms with Gasteiger partial charge in [-0.25, -0.2) is 0 Å². The summed E-state index contributed by atoms with van der Waals surface area (Å²) in [5, 5.41) is 0. The van der Waals surface area contributed by atoms with E-state index in [9.17, 15) is 0 Å². The first-order chi connectivity index (χ1) is 6.20. The molecule has 0 amide bonds. The molecule has 80 valence electrons. The first-order valence-electron chi connectivity index (χ1n) is 4.71. The van der Waals surface area contributed by atoms with Crippen molar-refractivity contribution in [1.29, 1.82) is 0 Å². The van der Waals surface area contributed by atoms with Crippen LogP contribution in [0.5, 0.6) is 0 Å². The second-order valence-corrected chi connectivity index (χ2v) is 3.39. The summed E-state index contributed by atoms with van der Waals surface area (Å²) in [4.78, 5) is 4.47. The van der Waals surface area contributed by atoms with E-state index < -0.39 is 0 Å². The smallest absolute Gasteiger partial charge is 0.0225 e. The van der Waals surface area contributed by atoms with Gasteiger partial charge in [-0.2, -0.15) is 0 Å². The van der Waals surface area contributed by atoms with Crippen LogP contribution < -0.4 is 17.0 Å². The summed E-state index contributed by atoms with van der Waals surface area (Å²) in [7, 11) is 4.14. The monoisotopic (exact) mass is 189 g/mol. The molecule has 5 N–H and O–H groups in total. The number of rotatable bonds is 8. The highest BCUT2D eigenvalue weighted by Gasteiger charge is 2.02. The fourth-order valence-corrected chi connectivity index (χ4v) is 1.08. The maximum atomic E-state index is 5.50. The van der Waals surface area contributed by atoms with Crippen LogP contribution in [-0.4, -0.2) is 63.2 Å². The van der Waals surface area contributed by atoms with E-state index in [0.29, 0.717) is 6.54 Å². The lowest BCUT2D eigenvalue weighted by Crippen LogP contribution is -2.40. The Kier molecular flexibility index (Phi) is 8.27. The van der Waals surface area contributed by atoms with Crippen molar-refractivity contribution in [3.63, 3.8) is 0 Å². The van der Waals surface area contributed by atoms with Gasteiger partial charge >= 0.3 is 0 Å². The van der Waals surface area contributed by atoms with E-state index in [4.69, 9.17) is 11.6 Å². The van der Waals surface area contributed by atoms with Gasteiger partial charge in [-0.3, -0.25) is 16.2 Å². The molecule has 0 rings (SSSR count). The Balaban J connectivity index is 3.53. The fraction of sp³-hybridized carbons (Fsp3) is 1.00. The van der Waals surface area contributed by atoms with Gasteiger partial charge in [0.25, 0.3) is 0 Å². The molecule has 0 heterocycles. The molecule has 0 aliphatic rings. The summed E-state index contributed by atoms with van der Waals surface area (Å²) in [6.45, 7) is 5.53. The van der Waals surface area contributed by atoms with Crippen molar-refractivity contribution in [2.24, 2.45) is 11.6 Å². The van der Waals surface area contributed by atoms with Crippen molar-refractivity contribution in [2.75, 3.05) is 53.4 Å². The van der Waals surface area contributed by atoms with E-state index in [0.717, 1.165) is 32.7 Å². The maximum Gasteiger partial charge on any atom is 0.0225 e. The van der Waals surface area contributed by atoms with Crippen LogP contribution in [0.4, 0.5) is 0 Å². The van der Waals surface area contributed by atoms with Crippen molar-refractivity contribution in [3.8, 4) is 0 Å². The number of nitrogens with zero attached hydrogens (tertiary/aromatic N) is 2. The van der Waals surface area contributed by atoms with Crippen molar-refractivity contribution in [1.82, 2.24) is 15.2 Å². The molecular weight excluding hydrogens is 166 g/mol. The molecule has 0 aliphatic carbocycles. The Morgan fingerprint density at radius 2 is 1.77 bits per heavy atom. The molecule has 0 fully saturated rings. The lowest BCUT2D eigenvalue weighted by Gasteiger charge is -2.23. The highest BCUT2D eigenvalue weighted by molar-refractivity contribution is 4.60. The van der Waals surface area contributed by atoms with E-state index in [1.807, 2.05) is 0 Å². The normalized spacial score (nSPS) is 11.5. The molecule has 0 atom stereocenters. The average molecular weight is 189 g/mol. The third kappa shape index (κ3) is 8.14. The summed E-state index contributed by atoms with van der Waals surface area (Å²) < 4.78 is 0. The lowest BCUT2D eigenvalue weighted by molar-refractivity contribution is 0.246. The Labute approximate surface area is 81.0 Å². The summed E-state index contributed by atoms with van der Waals surface area (Å²) in [5.74, 6) is 5.21. The number of hydrogen-bond acceptors (Lipinski definition) is 5. The Morgan fingerprint density at radius 3 is 2.23 bits per heavy atom. The van der Waals surface area contributed by atoms with Gasteiger partial charge in [-0.05, 0) is 14.1 Å². The molecule has 0 bridgehead atoms. The SMILES string of the molecule is CN(C)CCN(CCN)CCNN. The lowest BCUT2D eigenvalue weighted by atomic mass is 10.4. The van der Waals surface area contributed by atoms with Gasteiger partial charge in [-0.15, -0.1) is 0 Å². The third-order valence-electron chi connectivity index (χ3n) is 1.88. The molecule has 0 aliphatic heterocycles. The molecule has 13 heavy (non-hydrogen) atoms. The predicted molar refractivity (Wildman–Crippen MR) is 56.2 cm³/mol. The van der Waals surface area contributed by atoms with Gasteiger partial charge in [-0.1, -0.05) is 0 Å². The van der Waals surface area contributed by atoms with Crippen LogP contribution in [0.25, 0.3) is 0 Å². The number of nitrogens with two attached hydrogens (primary N) is 2. The molecule has 0 spiro atoms. The van der Waals surface area contributed by atoms with Crippen LogP contribution in [-0.2, 0) is 0 Å². The standard InChI is InChI=1S/C8H23N5/c1-12(2)7-8-13(5-3-9)6-4-11-10/h11H,3-10H2,1-2H3. The highest BCUT2D eigenvalue weighted by atomic mass is 15.2. The number of nitrogens with one attached hydrogen (secondary N) is 1. The summed E-state index contributed by atoms with van der Waals surface area (Å²) in [6.07, 6.45) is 0. The van der Waals surface area contributed by atoms with E-state index in [2.05, 4.69) is 29.3 Å². The topological polar surface area (TPSA) is 70.5 Å². The molecule has 0 aromatic rings. The second kappa shape index (κ2) is 8.40.